The van der Waals surface area contributed by atoms with E-state index in [0.29, 0.717) is 0 Å². The number of aryl methyl sites for hydroxylation is 2. The van der Waals surface area contributed by atoms with Crippen molar-refractivity contribution in [1.82, 2.24) is 0 Å². The monoisotopic (exact) mass is 1380 g/mol. The average molecular weight is 1390 g/mol. The van der Waals surface area contributed by atoms with Gasteiger partial charge in [-0.05, 0) is 86.8 Å². The van der Waals surface area contributed by atoms with Gasteiger partial charge in [0.25, 0.3) is 0 Å². The second-order valence-electron chi connectivity index (χ2n) is 30.7. The van der Waals surface area contributed by atoms with Crippen LogP contribution in [0.25, 0.3) is 16.9 Å². The Morgan fingerprint density at radius 3 is 0.814 bits per heavy atom. The summed E-state index contributed by atoms with van der Waals surface area (Å²) in [7, 11) is 0. The van der Waals surface area contributed by atoms with Crippen molar-refractivity contribution in [2.75, 3.05) is 0 Å². The summed E-state index contributed by atoms with van der Waals surface area (Å²) in [5.74, 6) is 0. The van der Waals surface area contributed by atoms with Crippen LogP contribution in [0.2, 0.25) is 10.8 Å². The van der Waals surface area contributed by atoms with Gasteiger partial charge in [-0.3, -0.25) is 0 Å². The summed E-state index contributed by atoms with van der Waals surface area (Å²) in [5.41, 5.74) is 21.5. The van der Waals surface area contributed by atoms with Crippen molar-refractivity contribution >= 4 is 11.4 Å². The van der Waals surface area contributed by atoms with Gasteiger partial charge in [-0.15, -0.1) is 0 Å². The minimum absolute atomic E-state index is 0.951. The summed E-state index contributed by atoms with van der Waals surface area (Å²) < 4.78 is 1.54. The molecular formula is C94H168N2Ni. The van der Waals surface area contributed by atoms with Gasteiger partial charge in [0.05, 0.1) is 5.57 Å². The van der Waals surface area contributed by atoms with Crippen LogP contribution in [-0.4, -0.2) is 4.70 Å². The fraction of sp³-hybridized carbons (Fsp3) is 0.809. The van der Waals surface area contributed by atoms with Crippen molar-refractivity contribution in [3.8, 4) is 0 Å². The molecule has 3 rings (SSSR count). The number of hydrogen-bond donors (Lipinski definition) is 0. The van der Waals surface area contributed by atoms with Crippen molar-refractivity contribution in [3.63, 3.8) is 0 Å². The van der Waals surface area contributed by atoms with Crippen LogP contribution < -0.4 is 0 Å². The van der Waals surface area contributed by atoms with E-state index in [-0.39, 0.29) is 0 Å². The van der Waals surface area contributed by atoms with Crippen LogP contribution in [0.1, 0.15) is 488 Å². The van der Waals surface area contributed by atoms with Crippen LogP contribution in [-0.2, 0) is 27.3 Å². The number of hydrogen-bond acceptors (Lipinski definition) is 0. The minimum Gasteiger partial charge on any atom is -0.0654 e. The number of rotatable bonds is 73. The zero-order chi connectivity index (χ0) is 69.5. The van der Waals surface area contributed by atoms with E-state index in [9.17, 15) is 5.53 Å². The van der Waals surface area contributed by atoms with E-state index in [1.807, 2.05) is 14.4 Å². The molecule has 0 radical (unpaired) electrons. The van der Waals surface area contributed by atoms with Gasteiger partial charge in [0.1, 0.15) is 0 Å². The Hall–Kier alpha value is -2.25. The van der Waals surface area contributed by atoms with E-state index in [1.54, 1.807) is 4.70 Å². The first kappa shape index (κ1) is 90.8. The van der Waals surface area contributed by atoms with Gasteiger partial charge in [-0.1, -0.05) is 322 Å². The topological polar surface area (TPSA) is 25.3 Å². The third-order valence-corrected chi connectivity index (χ3v) is 22.7. The SMILES string of the molecule is CCCCCCCCCCCCCCCCCCCCC=CC1=C(c2cccc(CCCC)c2)[N+](=[N-])C(c2cccc(CCCC)c2)=C1CCCC.CCCCCCCCCCCCCCCCCCCCC[CH2][Ni][CH2]CCCCCCCCCCCCCCCCCCCCC. The molecule has 3 heteroatoms. The molecule has 0 unspecified atom stereocenters. The molecule has 0 saturated heterocycles. The van der Waals surface area contributed by atoms with Crippen molar-refractivity contribution in [3.05, 3.63) is 99.6 Å². The molecule has 0 atom stereocenters. The summed E-state index contributed by atoms with van der Waals surface area (Å²) in [6.07, 6.45) is 101. The van der Waals surface area contributed by atoms with Crippen LogP contribution in [0.15, 0.2) is 71.8 Å². The maximum absolute atomic E-state index is 12.1. The molecule has 0 spiro atoms. The first-order valence-electron chi connectivity index (χ1n) is 44.3. The average Bonchev–Trinajstić information content (AvgIpc) is 1.61. The molecule has 1 heterocycles. The molecule has 0 amide bonds. The molecular weight excluding hydrogens is 1220 g/mol. The van der Waals surface area contributed by atoms with E-state index >= 15 is 0 Å². The molecule has 2 nitrogen and oxygen atoms in total. The van der Waals surface area contributed by atoms with Crippen LogP contribution >= 0.6 is 0 Å². The normalized spacial score (nSPS) is 12.6. The smallest absolute Gasteiger partial charge is 0.0654 e. The van der Waals surface area contributed by atoms with Gasteiger partial charge in [0, 0.05) is 16.7 Å². The van der Waals surface area contributed by atoms with Crippen LogP contribution in [0.3, 0.4) is 0 Å². The third-order valence-electron chi connectivity index (χ3n) is 21.3. The maximum atomic E-state index is 12.1. The Morgan fingerprint density at radius 2 is 0.526 bits per heavy atom. The Kier molecular flexibility index (Phi) is 67.5. The van der Waals surface area contributed by atoms with Crippen LogP contribution in [0.4, 0.5) is 0 Å². The van der Waals surface area contributed by atoms with Gasteiger partial charge < -0.3 is 5.53 Å². The molecule has 564 valence electrons. The molecule has 97 heavy (non-hydrogen) atoms. The fourth-order valence-corrected chi connectivity index (χ4v) is 16.0. The quantitative estimate of drug-likeness (QED) is 0.0358. The number of benzene rings is 2. The van der Waals surface area contributed by atoms with Gasteiger partial charge in [-0.25, -0.2) is 4.70 Å². The molecule has 0 aliphatic carbocycles. The fourth-order valence-electron chi connectivity index (χ4n) is 14.8. The Labute approximate surface area is 615 Å². The van der Waals surface area contributed by atoms with Crippen molar-refractivity contribution in [1.29, 1.82) is 0 Å². The van der Waals surface area contributed by atoms with E-state index in [1.165, 1.54) is 431 Å². The summed E-state index contributed by atoms with van der Waals surface area (Å²) >= 11 is 2.05. The Bertz CT molecular complexity index is 2050. The minimum atomic E-state index is 0.951. The van der Waals surface area contributed by atoms with E-state index < -0.39 is 0 Å². The van der Waals surface area contributed by atoms with Crippen LogP contribution in [0, 0.1) is 0 Å². The second-order valence-corrected chi connectivity index (χ2v) is 32.2. The molecule has 2 aromatic rings. The molecule has 0 N–H and O–H groups in total. The molecule has 1 aliphatic rings. The first-order valence-corrected chi connectivity index (χ1v) is 45.7. The summed E-state index contributed by atoms with van der Waals surface area (Å²) in [6.45, 7) is 13.7. The molecule has 1 aliphatic heterocycles. The molecule has 0 fully saturated rings. The zero-order valence-corrected chi connectivity index (χ0v) is 67.5. The van der Waals surface area contributed by atoms with E-state index in [4.69, 9.17) is 0 Å². The summed E-state index contributed by atoms with van der Waals surface area (Å²) in [5, 5.41) is 2.87. The van der Waals surface area contributed by atoms with Gasteiger partial charge in [0.15, 0.2) is 0 Å². The van der Waals surface area contributed by atoms with Gasteiger partial charge in [-0.2, -0.15) is 0 Å². The Balaban J connectivity index is 0.000000668. The zero-order valence-electron chi connectivity index (χ0n) is 66.5. The third kappa shape index (κ3) is 53.2. The molecule has 0 saturated carbocycles. The van der Waals surface area contributed by atoms with Gasteiger partial charge >= 0.3 is 166 Å². The first-order chi connectivity index (χ1) is 48.1. The summed E-state index contributed by atoms with van der Waals surface area (Å²) in [6, 6.07) is 17.9. The summed E-state index contributed by atoms with van der Waals surface area (Å²) in [4.78, 5) is 0. The predicted octanol–water partition coefficient (Wildman–Crippen LogP) is 34.3. The van der Waals surface area contributed by atoms with E-state index in [2.05, 4.69) is 102 Å². The predicted molar refractivity (Wildman–Crippen MR) is 435 cm³/mol. The number of allylic oxidation sites excluding steroid dienone is 4. The second kappa shape index (κ2) is 72.1. The van der Waals surface area contributed by atoms with E-state index in [0.717, 1.165) is 61.0 Å². The Morgan fingerprint density at radius 1 is 0.278 bits per heavy atom. The standard InChI is InChI=1S/C50H78N2.2C22H45.Ni/c1-5-9-13-14-15-16-17-18-19-20-21-22-23-24-25-26-27-28-29-30-40-48-47(39-12-8-4)49(45-37-31-35-43(41-45)33-10-6-2)52(51)50(48)46-38-32-36-44(42-46)34-11-7-3;2*1-3-5-7-9-11-13-15-17-19-21-22-20-18-16-14-12-10-8-6-4-2;/h30-32,35-38,40-42H,5-29,33-34,39H2,1-4H3;2*1,3-22H2,2H3;. The van der Waals surface area contributed by atoms with Gasteiger partial charge in [0.2, 0.25) is 11.4 Å². The molecule has 0 bridgehead atoms. The molecule has 0 aromatic heterocycles. The number of unbranched alkanes of at least 4 members (excludes halogenated alkanes) is 59. The van der Waals surface area contributed by atoms with Crippen molar-refractivity contribution in [2.45, 2.75) is 489 Å². The number of nitrogens with zero attached hydrogens (tertiary/aromatic N) is 2. The van der Waals surface area contributed by atoms with Crippen LogP contribution in [0.5, 0.6) is 0 Å². The van der Waals surface area contributed by atoms with Crippen molar-refractivity contribution in [2.24, 2.45) is 0 Å². The molecule has 2 aromatic carbocycles. The van der Waals surface area contributed by atoms with Crippen molar-refractivity contribution < 1.29 is 19.1 Å².